The van der Waals surface area contributed by atoms with Crippen LogP contribution in [0.4, 0.5) is 13.2 Å². The summed E-state index contributed by atoms with van der Waals surface area (Å²) in [5.41, 5.74) is 2.45. The van der Waals surface area contributed by atoms with E-state index in [0.717, 1.165) is 19.6 Å². The molecule has 3 rings (SSSR count). The number of aromatic nitrogens is 2. The monoisotopic (exact) mass is 361 g/mol. The summed E-state index contributed by atoms with van der Waals surface area (Å²) >= 11 is 0. The summed E-state index contributed by atoms with van der Waals surface area (Å²) in [6.07, 6.45) is 0.298. The number of hydrogen-bond donors (Lipinski definition) is 1. The number of carboxylic acid groups (broad SMARTS) is 1. The van der Waals surface area contributed by atoms with Crippen molar-refractivity contribution in [1.29, 1.82) is 0 Å². The van der Waals surface area contributed by atoms with E-state index in [4.69, 9.17) is 19.1 Å². The Morgan fingerprint density at radius 3 is 2.76 bits per heavy atom. The molecule has 0 radical (unpaired) electrons. The summed E-state index contributed by atoms with van der Waals surface area (Å²) in [5.74, 6) is -2.76. The van der Waals surface area contributed by atoms with Crippen LogP contribution in [0.15, 0.2) is 35.3 Å². The number of rotatable bonds is 4. The molecule has 1 aliphatic heterocycles. The molecule has 25 heavy (non-hydrogen) atoms. The van der Waals surface area contributed by atoms with Gasteiger partial charge in [-0.05, 0) is 12.1 Å². The van der Waals surface area contributed by atoms with Crippen LogP contribution in [-0.2, 0) is 22.6 Å². The quantitative estimate of drug-likeness (QED) is 0.900. The Hall–Kier alpha value is -2.33. The van der Waals surface area contributed by atoms with Gasteiger partial charge in [0.15, 0.2) is 0 Å². The number of nitrogens with zero attached hydrogens (tertiary/aromatic N) is 3. The molecule has 0 saturated carbocycles. The lowest BCUT2D eigenvalue weighted by Crippen LogP contribution is -2.38. The van der Waals surface area contributed by atoms with Gasteiger partial charge < -0.3 is 14.3 Å². The van der Waals surface area contributed by atoms with Crippen molar-refractivity contribution >= 4 is 5.97 Å². The number of alkyl halides is 3. The molecule has 0 fully saturated rings. The summed E-state index contributed by atoms with van der Waals surface area (Å²) < 4.78 is 44.2. The standard InChI is InChI=1S/C13H17N3O2.C2HF3O2/c1-17-10-13-8-15(6-11-3-5-18-9-11)7-12-2-4-14-16(12)13;3-2(4,5)1(6)7/h2-5,9,13H,6-8,10H2,1H3;(H,6,7). The molecule has 0 aromatic carbocycles. The molecule has 1 N–H and O–H groups in total. The van der Waals surface area contributed by atoms with Crippen LogP contribution < -0.4 is 0 Å². The highest BCUT2D eigenvalue weighted by Crippen LogP contribution is 2.22. The van der Waals surface area contributed by atoms with Gasteiger partial charge in [-0.3, -0.25) is 9.58 Å². The Labute approximate surface area is 141 Å². The predicted octanol–water partition coefficient (Wildman–Crippen LogP) is 2.31. The largest absolute Gasteiger partial charge is 0.490 e. The zero-order valence-corrected chi connectivity index (χ0v) is 13.4. The molecule has 3 heterocycles. The molecule has 0 spiro atoms. The van der Waals surface area contributed by atoms with Gasteiger partial charge in [-0.1, -0.05) is 0 Å². The number of aliphatic carboxylic acids is 1. The van der Waals surface area contributed by atoms with Crippen molar-refractivity contribution in [2.75, 3.05) is 20.3 Å². The van der Waals surface area contributed by atoms with E-state index in [9.17, 15) is 13.2 Å². The Balaban J connectivity index is 0.000000277. The molecule has 2 aromatic rings. The summed E-state index contributed by atoms with van der Waals surface area (Å²) in [7, 11) is 1.73. The van der Waals surface area contributed by atoms with E-state index < -0.39 is 12.1 Å². The van der Waals surface area contributed by atoms with Crippen molar-refractivity contribution in [2.45, 2.75) is 25.3 Å². The summed E-state index contributed by atoms with van der Waals surface area (Å²) in [6.45, 7) is 3.47. The highest BCUT2D eigenvalue weighted by Gasteiger charge is 2.38. The van der Waals surface area contributed by atoms with Crippen LogP contribution in [0.2, 0.25) is 0 Å². The van der Waals surface area contributed by atoms with Crippen molar-refractivity contribution in [3.63, 3.8) is 0 Å². The third kappa shape index (κ3) is 5.33. The van der Waals surface area contributed by atoms with Gasteiger partial charge >= 0.3 is 12.1 Å². The predicted molar refractivity (Wildman–Crippen MR) is 79.7 cm³/mol. The molecular formula is C15H18F3N3O4. The first-order chi connectivity index (χ1) is 11.8. The molecule has 1 aliphatic rings. The fourth-order valence-electron chi connectivity index (χ4n) is 2.54. The van der Waals surface area contributed by atoms with Gasteiger partial charge in [0, 0.05) is 38.5 Å². The second-order valence-corrected chi connectivity index (χ2v) is 5.48. The fraction of sp³-hybridized carbons (Fsp3) is 0.467. The van der Waals surface area contributed by atoms with Gasteiger partial charge in [0.05, 0.1) is 30.9 Å². The maximum atomic E-state index is 10.6. The normalized spacial score (nSPS) is 17.5. The van der Waals surface area contributed by atoms with Crippen molar-refractivity contribution in [2.24, 2.45) is 0 Å². The number of ether oxygens (including phenoxy) is 1. The van der Waals surface area contributed by atoms with Crippen LogP contribution >= 0.6 is 0 Å². The lowest BCUT2D eigenvalue weighted by molar-refractivity contribution is -0.192. The SMILES string of the molecule is COCC1CN(Cc2ccoc2)Cc2ccnn21.O=C(O)C(F)(F)F. The second kappa shape index (κ2) is 8.17. The van der Waals surface area contributed by atoms with E-state index >= 15 is 0 Å². The molecule has 1 atom stereocenters. The summed E-state index contributed by atoms with van der Waals surface area (Å²) in [4.78, 5) is 11.3. The zero-order chi connectivity index (χ0) is 18.4. The van der Waals surface area contributed by atoms with Crippen LogP contribution in [0.5, 0.6) is 0 Å². The maximum absolute atomic E-state index is 10.6. The molecule has 0 amide bonds. The van der Waals surface area contributed by atoms with Crippen molar-refractivity contribution < 1.29 is 32.2 Å². The van der Waals surface area contributed by atoms with E-state index in [1.165, 1.54) is 11.3 Å². The number of hydrogen-bond acceptors (Lipinski definition) is 5. The minimum Gasteiger partial charge on any atom is -0.475 e. The lowest BCUT2D eigenvalue weighted by atomic mass is 10.2. The Morgan fingerprint density at radius 2 is 2.20 bits per heavy atom. The van der Waals surface area contributed by atoms with Gasteiger partial charge in [0.2, 0.25) is 0 Å². The minimum atomic E-state index is -5.08. The van der Waals surface area contributed by atoms with Gasteiger partial charge in [-0.25, -0.2) is 4.79 Å². The van der Waals surface area contributed by atoms with Crippen LogP contribution in [0.1, 0.15) is 17.3 Å². The van der Waals surface area contributed by atoms with E-state index in [1.54, 1.807) is 19.6 Å². The average molecular weight is 361 g/mol. The third-order valence-corrected chi connectivity index (χ3v) is 3.54. The molecule has 0 bridgehead atoms. The number of carboxylic acids is 1. The first-order valence-corrected chi connectivity index (χ1v) is 7.36. The molecule has 1 unspecified atom stereocenters. The number of carbonyl (C=O) groups is 1. The number of methoxy groups -OCH3 is 1. The van der Waals surface area contributed by atoms with Crippen LogP contribution in [-0.4, -0.2) is 52.2 Å². The summed E-state index contributed by atoms with van der Waals surface area (Å²) in [6, 6.07) is 4.38. The van der Waals surface area contributed by atoms with Gasteiger partial charge in [0.25, 0.3) is 0 Å². The first kappa shape index (κ1) is 19.0. The zero-order valence-electron chi connectivity index (χ0n) is 13.4. The fourth-order valence-corrected chi connectivity index (χ4v) is 2.54. The third-order valence-electron chi connectivity index (χ3n) is 3.54. The lowest BCUT2D eigenvalue weighted by Gasteiger charge is -2.33. The molecule has 0 saturated heterocycles. The number of halogens is 3. The maximum Gasteiger partial charge on any atom is 0.490 e. The van der Waals surface area contributed by atoms with Crippen molar-refractivity contribution in [3.05, 3.63) is 42.1 Å². The number of furan rings is 1. The van der Waals surface area contributed by atoms with Crippen LogP contribution in [0.3, 0.4) is 0 Å². The van der Waals surface area contributed by atoms with Gasteiger partial charge in [-0.2, -0.15) is 18.3 Å². The van der Waals surface area contributed by atoms with Crippen LogP contribution in [0.25, 0.3) is 0 Å². The molecule has 2 aromatic heterocycles. The van der Waals surface area contributed by atoms with E-state index in [2.05, 4.69) is 20.7 Å². The number of fused-ring (bicyclic) bond motifs is 1. The Morgan fingerprint density at radius 1 is 1.48 bits per heavy atom. The Bertz CT molecular complexity index is 670. The smallest absolute Gasteiger partial charge is 0.475 e. The topological polar surface area (TPSA) is 80.7 Å². The highest BCUT2D eigenvalue weighted by atomic mass is 19.4. The average Bonchev–Trinajstić information content (AvgIpc) is 3.18. The molecule has 7 nitrogen and oxygen atoms in total. The molecule has 10 heteroatoms. The first-order valence-electron chi connectivity index (χ1n) is 7.36. The molecule has 138 valence electrons. The van der Waals surface area contributed by atoms with E-state index in [1.807, 2.05) is 12.3 Å². The van der Waals surface area contributed by atoms with Gasteiger partial charge in [-0.15, -0.1) is 0 Å². The Kier molecular flexibility index (Phi) is 6.21. The van der Waals surface area contributed by atoms with Crippen molar-refractivity contribution in [1.82, 2.24) is 14.7 Å². The summed E-state index contributed by atoms with van der Waals surface area (Å²) in [5, 5.41) is 11.5. The van der Waals surface area contributed by atoms with Crippen molar-refractivity contribution in [3.8, 4) is 0 Å². The van der Waals surface area contributed by atoms with E-state index in [-0.39, 0.29) is 0 Å². The second-order valence-electron chi connectivity index (χ2n) is 5.48. The highest BCUT2D eigenvalue weighted by molar-refractivity contribution is 5.73. The molecule has 0 aliphatic carbocycles. The van der Waals surface area contributed by atoms with E-state index in [0.29, 0.717) is 12.6 Å². The van der Waals surface area contributed by atoms with Crippen LogP contribution in [0, 0.1) is 0 Å². The minimum absolute atomic E-state index is 0.292. The van der Waals surface area contributed by atoms with Gasteiger partial charge in [0.1, 0.15) is 0 Å². The molecular weight excluding hydrogens is 343 g/mol.